The Bertz CT molecular complexity index is 738. The van der Waals surface area contributed by atoms with E-state index in [1.54, 1.807) is 12.1 Å². The minimum absolute atomic E-state index is 0.0274. The molecule has 7 heteroatoms. The smallest absolute Gasteiger partial charge is 0.433 e. The molecule has 0 amide bonds. The average Bonchev–Trinajstić information content (AvgIpc) is 2.48. The SMILES string of the molecule is CC(C)(C)NCCc1cc(O)c(-c2ccc(C(F)(F)F)nc2)cc1Cl. The highest BCUT2D eigenvalue weighted by Gasteiger charge is 2.32. The van der Waals surface area contributed by atoms with Gasteiger partial charge in [0.05, 0.1) is 0 Å². The lowest BCUT2D eigenvalue weighted by Crippen LogP contribution is -2.37. The van der Waals surface area contributed by atoms with Gasteiger partial charge in [0.25, 0.3) is 0 Å². The third kappa shape index (κ3) is 5.34. The zero-order valence-corrected chi connectivity index (χ0v) is 15.0. The Morgan fingerprint density at radius 2 is 1.84 bits per heavy atom. The number of phenols is 1. The first-order valence-corrected chi connectivity index (χ1v) is 8.15. The number of aromatic hydroxyl groups is 1. The number of nitrogens with zero attached hydrogens (tertiary/aromatic N) is 1. The van der Waals surface area contributed by atoms with Crippen molar-refractivity contribution in [1.29, 1.82) is 0 Å². The summed E-state index contributed by atoms with van der Waals surface area (Å²) in [5.74, 6) is -0.0447. The lowest BCUT2D eigenvalue weighted by atomic mass is 10.0. The number of halogens is 4. The number of nitrogens with one attached hydrogen (secondary N) is 1. The molecule has 0 saturated heterocycles. The summed E-state index contributed by atoms with van der Waals surface area (Å²) in [6.07, 6.45) is -2.80. The van der Waals surface area contributed by atoms with Crippen molar-refractivity contribution in [2.45, 2.75) is 38.9 Å². The Morgan fingerprint density at radius 1 is 1.16 bits per heavy atom. The summed E-state index contributed by atoms with van der Waals surface area (Å²) in [4.78, 5) is 3.41. The maximum atomic E-state index is 12.6. The van der Waals surface area contributed by atoms with Crippen LogP contribution in [0.2, 0.25) is 5.02 Å². The van der Waals surface area contributed by atoms with Crippen molar-refractivity contribution in [3.8, 4) is 16.9 Å². The summed E-state index contributed by atoms with van der Waals surface area (Å²) < 4.78 is 37.7. The Balaban J connectivity index is 2.22. The predicted molar refractivity (Wildman–Crippen MR) is 92.8 cm³/mol. The Hall–Kier alpha value is -1.79. The fraction of sp³-hybridized carbons (Fsp3) is 0.389. The second kappa shape index (κ2) is 7.22. The highest BCUT2D eigenvalue weighted by molar-refractivity contribution is 6.31. The number of aromatic nitrogens is 1. The van der Waals surface area contributed by atoms with E-state index in [0.717, 1.165) is 17.8 Å². The van der Waals surface area contributed by atoms with Crippen LogP contribution in [-0.4, -0.2) is 22.2 Å². The molecule has 0 unspecified atom stereocenters. The monoisotopic (exact) mass is 372 g/mol. The van der Waals surface area contributed by atoms with Crippen LogP contribution in [0.15, 0.2) is 30.5 Å². The molecule has 136 valence electrons. The van der Waals surface area contributed by atoms with Gasteiger partial charge in [-0.25, -0.2) is 0 Å². The normalized spacial score (nSPS) is 12.4. The van der Waals surface area contributed by atoms with Crippen molar-refractivity contribution in [3.05, 3.63) is 46.7 Å². The zero-order chi connectivity index (χ0) is 18.8. The third-order valence-corrected chi connectivity index (χ3v) is 3.93. The molecule has 0 radical (unpaired) electrons. The van der Waals surface area contributed by atoms with E-state index in [2.05, 4.69) is 10.3 Å². The fourth-order valence-corrected chi connectivity index (χ4v) is 2.58. The molecule has 1 aromatic carbocycles. The molecule has 0 atom stereocenters. The molecule has 0 aliphatic rings. The second-order valence-electron chi connectivity index (χ2n) is 6.82. The number of phenolic OH excluding ortho intramolecular Hbond substituents is 1. The molecule has 1 aromatic heterocycles. The van der Waals surface area contributed by atoms with Gasteiger partial charge in [-0.2, -0.15) is 13.2 Å². The van der Waals surface area contributed by atoms with Gasteiger partial charge in [0.2, 0.25) is 0 Å². The van der Waals surface area contributed by atoms with Crippen molar-refractivity contribution in [1.82, 2.24) is 10.3 Å². The molecule has 3 nitrogen and oxygen atoms in total. The lowest BCUT2D eigenvalue weighted by Gasteiger charge is -2.20. The first-order valence-electron chi connectivity index (χ1n) is 7.77. The van der Waals surface area contributed by atoms with E-state index < -0.39 is 11.9 Å². The van der Waals surface area contributed by atoms with Crippen LogP contribution >= 0.6 is 11.6 Å². The van der Waals surface area contributed by atoms with Crippen molar-refractivity contribution in [2.75, 3.05) is 6.54 Å². The molecular formula is C18H20ClF3N2O. The molecule has 25 heavy (non-hydrogen) atoms. The lowest BCUT2D eigenvalue weighted by molar-refractivity contribution is -0.141. The number of alkyl halides is 3. The van der Waals surface area contributed by atoms with E-state index in [1.165, 1.54) is 6.07 Å². The van der Waals surface area contributed by atoms with Crippen molar-refractivity contribution < 1.29 is 18.3 Å². The molecule has 1 heterocycles. The van der Waals surface area contributed by atoms with E-state index in [4.69, 9.17) is 11.6 Å². The Morgan fingerprint density at radius 3 is 2.36 bits per heavy atom. The van der Waals surface area contributed by atoms with Crippen molar-refractivity contribution >= 4 is 11.6 Å². The van der Waals surface area contributed by atoms with Crippen molar-refractivity contribution in [3.63, 3.8) is 0 Å². The molecule has 0 aliphatic heterocycles. The van der Waals surface area contributed by atoms with Gasteiger partial charge in [-0.1, -0.05) is 17.7 Å². The third-order valence-electron chi connectivity index (χ3n) is 3.58. The molecule has 2 rings (SSSR count). The summed E-state index contributed by atoms with van der Waals surface area (Å²) in [6, 6.07) is 5.24. The molecule has 0 saturated carbocycles. The standard InChI is InChI=1S/C18H20ClF3N2O/c1-17(2,3)24-7-6-11-8-15(25)13(9-14(11)19)12-4-5-16(23-10-12)18(20,21)22/h4-5,8-10,24-25H,6-7H2,1-3H3. The summed E-state index contributed by atoms with van der Waals surface area (Å²) in [5.41, 5.74) is 0.470. The van der Waals surface area contributed by atoms with Gasteiger partial charge < -0.3 is 10.4 Å². The Kier molecular flexibility index (Phi) is 5.64. The van der Waals surface area contributed by atoms with Gasteiger partial charge in [-0.3, -0.25) is 4.98 Å². The van der Waals surface area contributed by atoms with E-state index >= 15 is 0 Å². The summed E-state index contributed by atoms with van der Waals surface area (Å²) >= 11 is 6.27. The van der Waals surface area contributed by atoms with Gasteiger partial charge >= 0.3 is 6.18 Å². The summed E-state index contributed by atoms with van der Waals surface area (Å²) in [7, 11) is 0. The van der Waals surface area contributed by atoms with Crippen LogP contribution in [0.5, 0.6) is 5.75 Å². The van der Waals surface area contributed by atoms with E-state index in [1.807, 2.05) is 20.8 Å². The maximum absolute atomic E-state index is 12.6. The van der Waals surface area contributed by atoms with Gasteiger partial charge in [-0.05, 0) is 57.5 Å². The van der Waals surface area contributed by atoms with Gasteiger partial charge in [0, 0.05) is 27.9 Å². The van der Waals surface area contributed by atoms with Crippen molar-refractivity contribution in [2.24, 2.45) is 0 Å². The molecule has 2 N–H and O–H groups in total. The van der Waals surface area contributed by atoms with Crippen LogP contribution in [0.3, 0.4) is 0 Å². The number of benzene rings is 1. The van der Waals surface area contributed by atoms with Crippen LogP contribution in [0.1, 0.15) is 32.0 Å². The van der Waals surface area contributed by atoms with Gasteiger partial charge in [0.15, 0.2) is 0 Å². The first kappa shape index (κ1) is 19.5. The number of rotatable bonds is 4. The minimum atomic E-state index is -4.50. The molecule has 0 fully saturated rings. The second-order valence-corrected chi connectivity index (χ2v) is 7.22. The highest BCUT2D eigenvalue weighted by atomic mass is 35.5. The largest absolute Gasteiger partial charge is 0.507 e. The quantitative estimate of drug-likeness (QED) is 0.788. The fourth-order valence-electron chi connectivity index (χ4n) is 2.32. The van der Waals surface area contributed by atoms with Crippen LogP contribution in [-0.2, 0) is 12.6 Å². The number of hydrogen-bond acceptors (Lipinski definition) is 3. The van der Waals surface area contributed by atoms with E-state index in [0.29, 0.717) is 29.1 Å². The topological polar surface area (TPSA) is 45.1 Å². The van der Waals surface area contributed by atoms with Crippen LogP contribution in [0.4, 0.5) is 13.2 Å². The number of hydrogen-bond donors (Lipinski definition) is 2. The molecule has 2 aromatic rings. The maximum Gasteiger partial charge on any atom is 0.433 e. The molecule has 0 bridgehead atoms. The highest BCUT2D eigenvalue weighted by Crippen LogP contribution is 2.35. The summed E-state index contributed by atoms with van der Waals surface area (Å²) in [6.45, 7) is 6.83. The molecule has 0 aliphatic carbocycles. The first-order chi connectivity index (χ1) is 11.5. The van der Waals surface area contributed by atoms with Crippen LogP contribution in [0.25, 0.3) is 11.1 Å². The van der Waals surface area contributed by atoms with E-state index in [9.17, 15) is 18.3 Å². The molecular weight excluding hydrogens is 353 g/mol. The zero-order valence-electron chi connectivity index (χ0n) is 14.2. The molecule has 0 spiro atoms. The van der Waals surface area contributed by atoms with Crippen LogP contribution < -0.4 is 5.32 Å². The van der Waals surface area contributed by atoms with Crippen LogP contribution in [0, 0.1) is 0 Å². The average molecular weight is 373 g/mol. The minimum Gasteiger partial charge on any atom is -0.507 e. The predicted octanol–water partition coefficient (Wildman–Crippen LogP) is 5.06. The Labute approximate surface area is 149 Å². The number of pyridine rings is 1. The van der Waals surface area contributed by atoms with Gasteiger partial charge in [0.1, 0.15) is 11.4 Å². The summed E-state index contributed by atoms with van der Waals surface area (Å²) in [5, 5.41) is 14.0. The van der Waals surface area contributed by atoms with E-state index in [-0.39, 0.29) is 11.3 Å². The van der Waals surface area contributed by atoms with Gasteiger partial charge in [-0.15, -0.1) is 0 Å².